The van der Waals surface area contributed by atoms with Gasteiger partial charge in [-0.2, -0.15) is 18.7 Å². The number of aliphatic hydroxyl groups excluding tert-OH is 1. The molecule has 0 saturated carbocycles. The van der Waals surface area contributed by atoms with Crippen LogP contribution in [0.25, 0.3) is 22.3 Å². The molecule has 4 aromatic heterocycles. The molecule has 79 heavy (non-hydrogen) atoms. The number of carbonyl (C=O) groups is 2. The summed E-state index contributed by atoms with van der Waals surface area (Å²) in [6, 6.07) is -1.36. The molecule has 0 spiro atoms. The van der Waals surface area contributed by atoms with Crippen molar-refractivity contribution in [1.29, 1.82) is 0 Å². The van der Waals surface area contributed by atoms with Crippen molar-refractivity contribution in [2.24, 2.45) is 0 Å². The number of nitrogen functional groups attached to an aromatic ring is 2. The van der Waals surface area contributed by atoms with Crippen LogP contribution in [0.1, 0.15) is 25.3 Å². The summed E-state index contributed by atoms with van der Waals surface area (Å²) >= 11 is 8.33. The molecule has 3 aliphatic heterocycles. The second-order valence-electron chi connectivity index (χ2n) is 16.9. The van der Waals surface area contributed by atoms with E-state index in [1.54, 1.807) is 0 Å². The average Bonchev–Trinajstić information content (AvgIpc) is 4.29. The Labute approximate surface area is 449 Å². The van der Waals surface area contributed by atoms with Gasteiger partial charge >= 0.3 is 19.6 Å². The number of amides is 1. The third kappa shape index (κ3) is 14.5. The van der Waals surface area contributed by atoms with Crippen molar-refractivity contribution in [3.05, 3.63) is 62.4 Å². The molecule has 434 valence electrons. The van der Waals surface area contributed by atoms with Gasteiger partial charge in [-0.25, -0.2) is 32.3 Å². The number of aromatic amines is 2. The van der Waals surface area contributed by atoms with Crippen molar-refractivity contribution < 1.29 is 102 Å². The predicted octanol–water partition coefficient (Wildman–Crippen LogP) is 1.12. The zero-order valence-corrected chi connectivity index (χ0v) is 44.1. The molecule has 3 fully saturated rings. The van der Waals surface area contributed by atoms with Crippen LogP contribution in [-0.2, 0) is 70.0 Å². The summed E-state index contributed by atoms with van der Waals surface area (Å²) in [5.74, 6) is -15.7. The Kier molecular flexibility index (Phi) is 19.8. The topological polar surface area (TPSA) is 390 Å². The monoisotopic (exact) mass is 1210 g/mol. The van der Waals surface area contributed by atoms with Crippen LogP contribution in [0.3, 0.4) is 0 Å². The highest BCUT2D eigenvalue weighted by Crippen LogP contribution is 2.60. The number of nitrogens with two attached hydrogens (primary N) is 2. The van der Waals surface area contributed by atoms with E-state index in [1.165, 1.54) is 15.5 Å². The summed E-state index contributed by atoms with van der Waals surface area (Å²) in [6.45, 7) is -10.2. The SMILES string of the molecule is Nc1nc2c(ncn2C2OC3COP(=O)(S)OC4C(COP(=O)(S)OC3C2O)OC(n2cnc3c(=O)[nH]c(N)nc32)C4NC(=O)CCOCCOCCOCCOCCOCCC(=O)Oc2c(F)c(F)c(F)c(F)c2F)c(=O)[nH]1. The number of hydrogen-bond donors (Lipinski definition) is 8. The van der Waals surface area contributed by atoms with Crippen molar-refractivity contribution in [2.75, 3.05) is 90.7 Å². The molecule has 39 heteroatoms. The number of thiol groups is 2. The smallest absolute Gasteiger partial charge is 0.386 e. The Morgan fingerprint density at radius 1 is 0.671 bits per heavy atom. The highest BCUT2D eigenvalue weighted by atomic mass is 32.7. The fourth-order valence-electron chi connectivity index (χ4n) is 7.97. The van der Waals surface area contributed by atoms with E-state index in [0.29, 0.717) is 0 Å². The van der Waals surface area contributed by atoms with Gasteiger partial charge in [0.15, 0.2) is 34.8 Å². The summed E-state index contributed by atoms with van der Waals surface area (Å²) < 4.78 is 164. The third-order valence-electron chi connectivity index (χ3n) is 11.5. The molecule has 5 aromatic rings. The van der Waals surface area contributed by atoms with Crippen molar-refractivity contribution in [1.82, 2.24) is 44.4 Å². The second kappa shape index (κ2) is 26.1. The van der Waals surface area contributed by atoms with Crippen molar-refractivity contribution >= 4 is 84.2 Å². The molecule has 0 radical (unpaired) electrons. The highest BCUT2D eigenvalue weighted by Gasteiger charge is 2.54. The van der Waals surface area contributed by atoms with Crippen LogP contribution < -0.4 is 32.6 Å². The normalized spacial score (nSPS) is 26.4. The fourth-order valence-corrected chi connectivity index (χ4v) is 11.0. The van der Waals surface area contributed by atoms with Crippen molar-refractivity contribution in [3.63, 3.8) is 0 Å². The number of carbonyl (C=O) groups excluding carboxylic acids is 2. The van der Waals surface area contributed by atoms with Crippen LogP contribution in [0, 0.1) is 29.1 Å². The molecule has 8 rings (SSSR count). The Morgan fingerprint density at radius 2 is 1.09 bits per heavy atom. The van der Waals surface area contributed by atoms with E-state index in [9.17, 15) is 55.4 Å². The number of aliphatic hydroxyl groups is 1. The van der Waals surface area contributed by atoms with Gasteiger partial charge in [-0.1, -0.05) is 24.5 Å². The molecule has 0 bridgehead atoms. The quantitative estimate of drug-likeness (QED) is 0.00703. The van der Waals surface area contributed by atoms with Gasteiger partial charge in [0.2, 0.25) is 52.6 Å². The van der Waals surface area contributed by atoms with E-state index in [0.717, 1.165) is 6.33 Å². The Bertz CT molecular complexity index is 3210. The first-order chi connectivity index (χ1) is 37.6. The van der Waals surface area contributed by atoms with Crippen LogP contribution in [0.15, 0.2) is 22.2 Å². The van der Waals surface area contributed by atoms with Gasteiger partial charge in [-0.15, -0.1) is 0 Å². The van der Waals surface area contributed by atoms with E-state index in [2.05, 4.69) is 64.5 Å². The number of imidazole rings is 2. The molecule has 7 heterocycles. The minimum atomic E-state index is -4.57. The highest BCUT2D eigenvalue weighted by molar-refractivity contribution is 8.44. The molecule has 1 amide bonds. The van der Waals surface area contributed by atoms with Crippen LogP contribution in [0.5, 0.6) is 5.75 Å². The molecular formula is C40H48F5N11O19P2S2. The van der Waals surface area contributed by atoms with Gasteiger partial charge in [0.05, 0.1) is 98.4 Å². The minimum absolute atomic E-state index is 0.0178. The number of esters is 1. The number of halogens is 5. The summed E-state index contributed by atoms with van der Waals surface area (Å²) in [5.41, 5.74) is 9.66. The number of nitrogens with zero attached hydrogens (tertiary/aromatic N) is 6. The first-order valence-electron chi connectivity index (χ1n) is 23.3. The molecule has 3 saturated heterocycles. The molecule has 10 atom stereocenters. The zero-order valence-electron chi connectivity index (χ0n) is 40.5. The number of nitrogens with one attached hydrogen (secondary N) is 3. The van der Waals surface area contributed by atoms with Gasteiger partial charge < -0.3 is 59.8 Å². The predicted molar refractivity (Wildman–Crippen MR) is 261 cm³/mol. The molecular weight excluding hydrogens is 1160 g/mol. The Balaban J connectivity index is 0.791. The van der Waals surface area contributed by atoms with E-state index in [4.69, 9.17) is 62.7 Å². The van der Waals surface area contributed by atoms with Gasteiger partial charge in [0.25, 0.3) is 11.1 Å². The summed E-state index contributed by atoms with van der Waals surface area (Å²) in [5, 5.41) is 14.2. The number of rotatable bonds is 22. The minimum Gasteiger partial charge on any atom is -0.420 e. The molecule has 1 aromatic carbocycles. The molecule has 3 aliphatic rings. The van der Waals surface area contributed by atoms with E-state index in [-0.39, 0.29) is 107 Å². The number of benzene rings is 1. The summed E-state index contributed by atoms with van der Waals surface area (Å²) in [6.07, 6.45) is -8.96. The Morgan fingerprint density at radius 3 is 1.59 bits per heavy atom. The lowest BCUT2D eigenvalue weighted by Gasteiger charge is -2.30. The zero-order chi connectivity index (χ0) is 56.8. The molecule has 30 nitrogen and oxygen atoms in total. The number of ether oxygens (including phenoxy) is 8. The number of H-pyrrole nitrogens is 2. The van der Waals surface area contributed by atoms with Crippen LogP contribution >= 0.6 is 38.1 Å². The van der Waals surface area contributed by atoms with Crippen LogP contribution in [0.2, 0.25) is 0 Å². The van der Waals surface area contributed by atoms with Gasteiger partial charge in [0.1, 0.15) is 36.6 Å². The molecule has 10 unspecified atom stereocenters. The first kappa shape index (κ1) is 59.9. The fraction of sp³-hybridized carbons (Fsp3) is 0.550. The van der Waals surface area contributed by atoms with Crippen LogP contribution in [0.4, 0.5) is 33.8 Å². The maximum absolute atomic E-state index is 14.1. The third-order valence-corrected chi connectivity index (χ3v) is 14.8. The lowest BCUT2D eigenvalue weighted by atomic mass is 10.1. The van der Waals surface area contributed by atoms with E-state index in [1.807, 2.05) is 0 Å². The summed E-state index contributed by atoms with van der Waals surface area (Å²) in [4.78, 5) is 71.6. The number of hydrogen-bond acceptors (Lipinski definition) is 25. The number of fused-ring (bicyclic) bond motifs is 4. The maximum Gasteiger partial charge on any atom is 0.386 e. The second-order valence-corrected chi connectivity index (χ2v) is 22.6. The standard InChI is InChI=1S/C40H48F5N11O19P2S2/c41-21-22(42)24(44)32(25(45)23(21)43)73-20(58)2-4-65-6-8-67-10-12-68-11-9-66-7-5-64-3-1-19(57)50-26-30-17(71-37(26)55-15-48-27-33(55)51-39(46)53-35(27)60)13-69-77(63,79)75-31-18(14-70-76(62,78)74-30)72-38(29(31)59)56-16-49-28-34(56)52-40(47)54-36(28)61/h15-18,26,29-31,37-38,59H,1-14H2,(H,50,57)(H,62,78)(H,63,79)(H3,46,51,53,60)(H3,47,52,54,61). The van der Waals surface area contributed by atoms with E-state index >= 15 is 0 Å². The first-order valence-corrected chi connectivity index (χ1v) is 28.7. The Hall–Kier alpha value is -5.21. The molecule has 0 aliphatic carbocycles. The average molecular weight is 1210 g/mol. The van der Waals surface area contributed by atoms with Gasteiger partial charge in [0, 0.05) is 6.42 Å². The van der Waals surface area contributed by atoms with E-state index < -0.39 is 140 Å². The largest absolute Gasteiger partial charge is 0.420 e. The van der Waals surface area contributed by atoms with Crippen molar-refractivity contribution in [3.8, 4) is 5.75 Å². The number of aromatic nitrogens is 8. The van der Waals surface area contributed by atoms with Crippen molar-refractivity contribution in [2.45, 2.75) is 61.9 Å². The van der Waals surface area contributed by atoms with Gasteiger partial charge in [-0.3, -0.25) is 56.4 Å². The van der Waals surface area contributed by atoms with Crippen LogP contribution in [-0.4, -0.2) is 172 Å². The van der Waals surface area contributed by atoms with Gasteiger partial charge in [-0.05, 0) is 0 Å². The summed E-state index contributed by atoms with van der Waals surface area (Å²) in [7, 11) is 0. The lowest BCUT2D eigenvalue weighted by molar-refractivity contribution is -0.136. The maximum atomic E-state index is 14.1. The number of anilines is 2. The molecule has 8 N–H and O–H groups in total. The lowest BCUT2D eigenvalue weighted by Crippen LogP contribution is -2.48.